The molecule has 0 amide bonds. The summed E-state index contributed by atoms with van der Waals surface area (Å²) in [6.07, 6.45) is 1.73. The van der Waals surface area contributed by atoms with Gasteiger partial charge < -0.3 is 4.74 Å². The van der Waals surface area contributed by atoms with Gasteiger partial charge in [-0.2, -0.15) is 25.2 Å². The number of rotatable bonds is 9. The van der Waals surface area contributed by atoms with Crippen molar-refractivity contribution in [1.29, 1.82) is 0 Å². The van der Waals surface area contributed by atoms with E-state index in [1.165, 1.54) is 0 Å². The Kier molecular flexibility index (Phi) is 7.69. The van der Waals surface area contributed by atoms with E-state index in [0.29, 0.717) is 20.4 Å². The first kappa shape index (κ1) is 26.1. The van der Waals surface area contributed by atoms with E-state index in [-0.39, 0.29) is 0 Å². The molecule has 0 unspecified atom stereocenters. The van der Waals surface area contributed by atoms with Gasteiger partial charge in [-0.25, -0.2) is 0 Å². The third-order valence-electron chi connectivity index (χ3n) is 5.03. The molecule has 0 saturated carbocycles. The van der Waals surface area contributed by atoms with Crippen LogP contribution >= 0.6 is 10.3 Å². The minimum absolute atomic E-state index is 0.290. The Hall–Kier alpha value is -2.49. The second-order valence-corrected chi connectivity index (χ2v) is 12.7. The van der Waals surface area contributed by atoms with Crippen LogP contribution in [0.4, 0.5) is 13.2 Å². The molecule has 34 heavy (non-hydrogen) atoms. The lowest BCUT2D eigenvalue weighted by Crippen LogP contribution is -2.28. The van der Waals surface area contributed by atoms with Crippen molar-refractivity contribution >= 4 is 20.4 Å². The molecule has 3 aromatic rings. The molecule has 0 aliphatic carbocycles. The van der Waals surface area contributed by atoms with Gasteiger partial charge in [0.25, 0.3) is 0 Å². The van der Waals surface area contributed by atoms with Crippen LogP contribution in [0.15, 0.2) is 99.6 Å². The van der Waals surface area contributed by atoms with Gasteiger partial charge in [0.05, 0.1) is 0 Å². The summed E-state index contributed by atoms with van der Waals surface area (Å²) in [6, 6.07) is 22.6. The molecule has 0 radical (unpaired) electrons. The molecule has 4 nitrogen and oxygen atoms in total. The highest BCUT2D eigenvalue weighted by Crippen LogP contribution is 2.70. The molecule has 0 saturated heterocycles. The van der Waals surface area contributed by atoms with Crippen LogP contribution < -0.4 is 4.74 Å². The Morgan fingerprint density at radius 2 is 1.18 bits per heavy atom. The number of hydrogen-bond acceptors (Lipinski definition) is 4. The van der Waals surface area contributed by atoms with Gasteiger partial charge in [-0.3, -0.25) is 0 Å². The van der Waals surface area contributed by atoms with E-state index in [1.807, 2.05) is 20.8 Å². The largest absolute Gasteiger partial charge is 0.524 e. The van der Waals surface area contributed by atoms with Gasteiger partial charge in [0.15, 0.2) is 0 Å². The van der Waals surface area contributed by atoms with Crippen LogP contribution in [-0.4, -0.2) is 19.5 Å². The summed E-state index contributed by atoms with van der Waals surface area (Å²) in [7, 11) is -9.25. The van der Waals surface area contributed by atoms with Gasteiger partial charge in [-0.05, 0) is 79.1 Å². The number of hydrogen-bond donors (Lipinski definition) is 0. The van der Waals surface area contributed by atoms with Crippen molar-refractivity contribution in [2.45, 2.75) is 59.4 Å². The van der Waals surface area contributed by atoms with Crippen LogP contribution in [0.5, 0.6) is 5.75 Å². The predicted molar refractivity (Wildman–Crippen MR) is 127 cm³/mol. The van der Waals surface area contributed by atoms with Gasteiger partial charge in [0.1, 0.15) is 11.4 Å². The molecule has 0 atom stereocenters. The normalized spacial score (nSPS) is 13.5. The molecule has 0 aromatic heterocycles. The van der Waals surface area contributed by atoms with E-state index in [0.717, 1.165) is 12.8 Å². The monoisotopic (exact) mass is 512 g/mol. The van der Waals surface area contributed by atoms with E-state index in [9.17, 15) is 21.6 Å². The predicted octanol–water partition coefficient (Wildman–Crippen LogP) is 7.71. The van der Waals surface area contributed by atoms with Crippen molar-refractivity contribution in [2.75, 3.05) is 0 Å². The zero-order valence-corrected chi connectivity index (χ0v) is 20.7. The first-order chi connectivity index (χ1) is 15.9. The molecule has 3 rings (SSSR count). The Morgan fingerprint density at radius 3 is 1.59 bits per heavy atom. The van der Waals surface area contributed by atoms with E-state index in [4.69, 9.17) is 8.37 Å². The maximum absolute atomic E-state index is 13.5. The van der Waals surface area contributed by atoms with Crippen LogP contribution in [0.2, 0.25) is 0 Å². The molecule has 0 fully saturated rings. The number of halogens is 3. The Labute approximate surface area is 200 Å². The highest BCUT2D eigenvalue weighted by atomic mass is 32.3. The number of alkyl halides is 3. The molecular formula is C25H27F3O4S2. The second-order valence-electron chi connectivity index (χ2n) is 8.23. The standard InChI is InChI=1S/C25H27F3O4S2/c1-4-19-24(2,3)31-20-15-17-23(18-16-20)33(21-11-7-5-8-12-21,22-13-9-6-10-14-22)32-34(29,30)25(26,27)28/h5-18H,4,19H2,1-3H3. The minimum atomic E-state index is -5.94. The number of benzene rings is 3. The zero-order chi connectivity index (χ0) is 25.0. The van der Waals surface area contributed by atoms with Crippen molar-refractivity contribution in [3.63, 3.8) is 0 Å². The molecule has 0 heterocycles. The van der Waals surface area contributed by atoms with Crippen LogP contribution in [0.25, 0.3) is 0 Å². The van der Waals surface area contributed by atoms with E-state index in [2.05, 4.69) is 0 Å². The average molecular weight is 513 g/mol. The number of ether oxygens (including phenoxy) is 1. The second kappa shape index (κ2) is 10.0. The molecule has 3 aromatic carbocycles. The fourth-order valence-corrected chi connectivity index (χ4v) is 8.34. The minimum Gasteiger partial charge on any atom is -0.488 e. The van der Waals surface area contributed by atoms with Gasteiger partial charge >= 0.3 is 15.6 Å². The molecule has 0 spiro atoms. The lowest BCUT2D eigenvalue weighted by Gasteiger charge is -2.39. The van der Waals surface area contributed by atoms with Gasteiger partial charge in [0, 0.05) is 14.7 Å². The fraction of sp³-hybridized carbons (Fsp3) is 0.280. The first-order valence-corrected chi connectivity index (χ1v) is 13.6. The highest BCUT2D eigenvalue weighted by molar-refractivity contribution is 8.33. The molecule has 0 N–H and O–H groups in total. The van der Waals surface area contributed by atoms with Crippen molar-refractivity contribution < 1.29 is 30.0 Å². The summed E-state index contributed by atoms with van der Waals surface area (Å²) < 4.78 is 76.5. The van der Waals surface area contributed by atoms with Gasteiger partial charge in [0.2, 0.25) is 0 Å². The first-order valence-electron chi connectivity index (χ1n) is 10.7. The topological polar surface area (TPSA) is 52.6 Å². The maximum Gasteiger partial charge on any atom is 0.524 e. The zero-order valence-electron chi connectivity index (χ0n) is 19.1. The maximum atomic E-state index is 13.5. The molecule has 9 heteroatoms. The van der Waals surface area contributed by atoms with E-state index in [1.54, 1.807) is 84.9 Å². The fourth-order valence-electron chi connectivity index (χ4n) is 3.59. The van der Waals surface area contributed by atoms with Crippen LogP contribution in [-0.2, 0) is 13.7 Å². The molecule has 0 aliphatic rings. The molecule has 0 bridgehead atoms. The summed E-state index contributed by atoms with van der Waals surface area (Å²) in [5.74, 6) is 0.523. The summed E-state index contributed by atoms with van der Waals surface area (Å²) in [5.41, 5.74) is -6.02. The third kappa shape index (κ3) is 5.59. The lowest BCUT2D eigenvalue weighted by molar-refractivity contribution is -0.0496. The Morgan fingerprint density at radius 1 is 0.735 bits per heavy atom. The van der Waals surface area contributed by atoms with Crippen LogP contribution in [0.1, 0.15) is 33.6 Å². The van der Waals surface area contributed by atoms with Crippen LogP contribution in [0.3, 0.4) is 0 Å². The van der Waals surface area contributed by atoms with Gasteiger partial charge in [-0.15, -0.1) is 0 Å². The Balaban J connectivity index is 2.23. The smallest absolute Gasteiger partial charge is 0.488 e. The van der Waals surface area contributed by atoms with E-state index >= 15 is 0 Å². The van der Waals surface area contributed by atoms with Crippen molar-refractivity contribution in [1.82, 2.24) is 0 Å². The average Bonchev–Trinajstić information content (AvgIpc) is 2.78. The quantitative estimate of drug-likeness (QED) is 0.276. The summed E-state index contributed by atoms with van der Waals surface area (Å²) in [4.78, 5) is 0.918. The summed E-state index contributed by atoms with van der Waals surface area (Å²) in [5, 5.41) is 0. The van der Waals surface area contributed by atoms with Crippen molar-refractivity contribution in [3.8, 4) is 5.75 Å². The Bertz CT molecular complexity index is 1140. The van der Waals surface area contributed by atoms with Crippen molar-refractivity contribution in [2.24, 2.45) is 0 Å². The SMILES string of the molecule is CCCC(C)(C)Oc1ccc(S(OS(=O)(=O)C(F)(F)F)(c2ccccc2)c2ccccc2)cc1. The van der Waals surface area contributed by atoms with Crippen LogP contribution in [0, 0.1) is 0 Å². The highest BCUT2D eigenvalue weighted by Gasteiger charge is 2.52. The van der Waals surface area contributed by atoms with E-state index < -0.39 is 31.5 Å². The molecular weight excluding hydrogens is 485 g/mol. The third-order valence-corrected chi connectivity index (χ3v) is 9.94. The molecule has 0 aliphatic heterocycles. The molecule has 184 valence electrons. The summed E-state index contributed by atoms with van der Waals surface area (Å²) in [6.45, 7) is 5.95. The lowest BCUT2D eigenvalue weighted by atomic mass is 10.0. The van der Waals surface area contributed by atoms with Crippen molar-refractivity contribution in [3.05, 3.63) is 84.9 Å². The summed E-state index contributed by atoms with van der Waals surface area (Å²) >= 11 is 0. The van der Waals surface area contributed by atoms with Gasteiger partial charge in [-0.1, -0.05) is 49.7 Å².